The van der Waals surface area contributed by atoms with Gasteiger partial charge < -0.3 is 13.3 Å². The lowest BCUT2D eigenvalue weighted by Crippen LogP contribution is -2.00. The van der Waals surface area contributed by atoms with Gasteiger partial charge >= 0.3 is 0 Å². The van der Waals surface area contributed by atoms with E-state index in [2.05, 4.69) is 346 Å². The van der Waals surface area contributed by atoms with Gasteiger partial charge in [-0.3, -0.25) is 0 Å². The van der Waals surface area contributed by atoms with Crippen LogP contribution in [0, 0.1) is 0 Å². The first-order valence-electron chi connectivity index (χ1n) is 49.3. The van der Waals surface area contributed by atoms with E-state index in [4.69, 9.17) is 58.1 Å². The average molecular weight is 1880 g/mol. The van der Waals surface area contributed by atoms with E-state index >= 15 is 0 Å². The second-order valence-corrected chi connectivity index (χ2v) is 37.2. The number of hydrogen-bond acceptors (Lipinski definition) is 12. The van der Waals surface area contributed by atoms with Crippen molar-refractivity contribution in [2.45, 2.75) is 0 Å². The van der Waals surface area contributed by atoms with Crippen molar-refractivity contribution in [2.24, 2.45) is 0 Å². The van der Waals surface area contributed by atoms with Crippen molar-refractivity contribution in [2.75, 3.05) is 0 Å². The summed E-state index contributed by atoms with van der Waals surface area (Å²) in [7, 11) is 0. The molecule has 0 N–H and O–H groups in total. The highest BCUT2D eigenvalue weighted by molar-refractivity contribution is 6.30. The van der Waals surface area contributed by atoms with E-state index in [9.17, 15) is 0 Å². The monoisotopic (exact) mass is 1880 g/mol. The fraction of sp³-hybridized carbons (Fsp3) is 0. The zero-order valence-corrected chi connectivity index (χ0v) is 79.0. The first-order chi connectivity index (χ1) is 72.8. The molecule has 147 heavy (non-hydrogen) atoms. The van der Waals surface area contributed by atoms with Crippen LogP contribution in [0.25, 0.3) is 299 Å². The summed E-state index contributed by atoms with van der Waals surface area (Å²) in [6, 6.07) is 171. The van der Waals surface area contributed by atoms with Crippen molar-refractivity contribution in [3.63, 3.8) is 0 Å². The minimum Gasteiger partial charge on any atom is -0.456 e. The molecule has 0 bridgehead atoms. The van der Waals surface area contributed by atoms with E-state index in [1.165, 1.54) is 86.5 Å². The molecule has 30 rings (SSSR count). The van der Waals surface area contributed by atoms with Gasteiger partial charge in [-0.1, -0.05) is 413 Å². The number of benzene rings is 24. The van der Waals surface area contributed by atoms with Crippen molar-refractivity contribution in [1.29, 1.82) is 0 Å². The predicted molar refractivity (Wildman–Crippen MR) is 604 cm³/mol. The molecule has 0 spiro atoms. The number of rotatable bonds is 12. The van der Waals surface area contributed by atoms with Crippen molar-refractivity contribution in [3.05, 3.63) is 491 Å². The molecular weight excluding hydrogens is 1800 g/mol. The summed E-state index contributed by atoms with van der Waals surface area (Å²) in [5.41, 5.74) is 20.6. The molecule has 24 aromatic carbocycles. The summed E-state index contributed by atoms with van der Waals surface area (Å²) in [6.45, 7) is 0. The smallest absolute Gasteiger partial charge is 0.164 e. The van der Waals surface area contributed by atoms with Gasteiger partial charge in [-0.05, 0) is 193 Å². The van der Waals surface area contributed by atoms with Crippen LogP contribution >= 0.6 is 0 Å². The maximum atomic E-state index is 6.42. The molecule has 0 aliphatic rings. The molecule has 6 heterocycles. The molecule has 0 saturated carbocycles. The number of nitrogens with zero attached hydrogens (tertiary/aromatic N) is 9. The van der Waals surface area contributed by atoms with E-state index in [0.717, 1.165) is 160 Å². The maximum absolute atomic E-state index is 6.42. The maximum Gasteiger partial charge on any atom is 0.164 e. The lowest BCUT2D eigenvalue weighted by atomic mass is 9.95. The Labute approximate surface area is 842 Å². The second-order valence-electron chi connectivity index (χ2n) is 37.2. The Kier molecular flexibility index (Phi) is 20.6. The molecule has 0 aliphatic heterocycles. The summed E-state index contributed by atoms with van der Waals surface area (Å²) >= 11 is 0. The third kappa shape index (κ3) is 15.4. The molecule has 12 heteroatoms. The molecular formula is C135H81N9O3. The van der Waals surface area contributed by atoms with Gasteiger partial charge in [-0.15, -0.1) is 0 Å². The third-order valence-electron chi connectivity index (χ3n) is 28.5. The van der Waals surface area contributed by atoms with Gasteiger partial charge in [0.2, 0.25) is 0 Å². The third-order valence-corrected chi connectivity index (χ3v) is 28.5. The number of furan rings is 3. The van der Waals surface area contributed by atoms with E-state index in [1.54, 1.807) is 0 Å². The Morgan fingerprint density at radius 1 is 0.109 bits per heavy atom. The highest BCUT2D eigenvalue weighted by Crippen LogP contribution is 2.47. The zero-order valence-electron chi connectivity index (χ0n) is 79.0. The van der Waals surface area contributed by atoms with E-state index in [1.807, 2.05) is 146 Å². The molecule has 6 aromatic heterocycles. The highest BCUT2D eigenvalue weighted by Gasteiger charge is 2.25. The molecule has 0 aliphatic carbocycles. The van der Waals surface area contributed by atoms with E-state index in [0.29, 0.717) is 52.4 Å². The van der Waals surface area contributed by atoms with Gasteiger partial charge in [0.25, 0.3) is 0 Å². The molecule has 0 atom stereocenters. The molecule has 12 nitrogen and oxygen atoms in total. The van der Waals surface area contributed by atoms with Crippen LogP contribution in [0.4, 0.5) is 0 Å². The summed E-state index contributed by atoms with van der Waals surface area (Å²) in [4.78, 5) is 45.3. The Morgan fingerprint density at radius 3 is 0.769 bits per heavy atom. The lowest BCUT2D eigenvalue weighted by Gasteiger charge is -2.12. The van der Waals surface area contributed by atoms with Gasteiger partial charge in [0.05, 0.1) is 0 Å². The lowest BCUT2D eigenvalue weighted by molar-refractivity contribution is 0.669. The van der Waals surface area contributed by atoms with Crippen LogP contribution in [-0.2, 0) is 0 Å². The van der Waals surface area contributed by atoms with Crippen LogP contribution in [0.3, 0.4) is 0 Å². The van der Waals surface area contributed by atoms with E-state index < -0.39 is 0 Å². The summed E-state index contributed by atoms with van der Waals surface area (Å²) < 4.78 is 19.2. The summed E-state index contributed by atoms with van der Waals surface area (Å²) in [5, 5.41) is 27.9. The van der Waals surface area contributed by atoms with Gasteiger partial charge in [0.15, 0.2) is 52.4 Å². The fourth-order valence-electron chi connectivity index (χ4n) is 21.4. The molecule has 30 aromatic rings. The molecule has 0 amide bonds. The first-order valence-corrected chi connectivity index (χ1v) is 49.3. The Bertz CT molecular complexity index is 10400. The number of aromatic nitrogens is 9. The molecule has 0 fully saturated rings. The van der Waals surface area contributed by atoms with Crippen LogP contribution in [0.2, 0.25) is 0 Å². The van der Waals surface area contributed by atoms with Gasteiger partial charge in [-0.2, -0.15) is 0 Å². The van der Waals surface area contributed by atoms with Crippen LogP contribution in [-0.4, -0.2) is 44.9 Å². The molecule has 0 saturated heterocycles. The van der Waals surface area contributed by atoms with Gasteiger partial charge in [0, 0.05) is 98.5 Å². The van der Waals surface area contributed by atoms with Crippen LogP contribution in [0.5, 0.6) is 0 Å². The minimum atomic E-state index is 0.612. The molecule has 0 unspecified atom stereocenters. The van der Waals surface area contributed by atoms with E-state index in [-0.39, 0.29) is 0 Å². The summed E-state index contributed by atoms with van der Waals surface area (Å²) in [5.74, 6) is 5.71. The van der Waals surface area contributed by atoms with Crippen LogP contribution in [0.1, 0.15) is 0 Å². The largest absolute Gasteiger partial charge is 0.456 e. The Hall–Kier alpha value is -20.0. The van der Waals surface area contributed by atoms with Gasteiger partial charge in [0.1, 0.15) is 33.5 Å². The predicted octanol–water partition coefficient (Wildman–Crippen LogP) is 35.7. The number of hydrogen-bond donors (Lipinski definition) is 0. The normalized spacial score (nSPS) is 11.7. The van der Waals surface area contributed by atoms with Crippen molar-refractivity contribution in [1.82, 2.24) is 44.9 Å². The fourth-order valence-corrected chi connectivity index (χ4v) is 21.4. The Morgan fingerprint density at radius 2 is 0.361 bits per heavy atom. The number of fused-ring (bicyclic) bond motifs is 25. The first kappa shape index (κ1) is 85.1. The van der Waals surface area contributed by atoms with Crippen LogP contribution in [0.15, 0.2) is 505 Å². The SMILES string of the molecule is c1ccc(-c2ccc(-c3ccc(-c4nc(-c5ccccc5)nc(-c5ccc6oc7ccc8ccc9ccccc9c8c7c6c5)n4)cc3)cc2)cc1.c1ccc(-c2nc(-c3ccc4oc5ccc6ccc7ccccc7c6c5c4c3)nc(-c3cc4ccccc4c4ccccc34)n2)cc1.c1ccc(-c2nc(-c3ccccc3)nc(-c3cccc4cc(-c5ccc6oc7ccc8ccc9ccccc9c8c7c6c5)ccc34)n2)cc1. The summed E-state index contributed by atoms with van der Waals surface area (Å²) in [6.07, 6.45) is 0. The van der Waals surface area contributed by atoms with Crippen molar-refractivity contribution >= 4 is 163 Å². The highest BCUT2D eigenvalue weighted by atomic mass is 16.3. The minimum absolute atomic E-state index is 0.612. The second kappa shape index (κ2) is 35.7. The van der Waals surface area contributed by atoms with Gasteiger partial charge in [-0.25, -0.2) is 44.9 Å². The molecule has 0 radical (unpaired) electrons. The van der Waals surface area contributed by atoms with Crippen molar-refractivity contribution < 1.29 is 13.3 Å². The molecule has 684 valence electrons. The van der Waals surface area contributed by atoms with Crippen LogP contribution < -0.4 is 0 Å². The topological polar surface area (TPSA) is 155 Å². The quantitative estimate of drug-likeness (QED) is 0.107. The van der Waals surface area contributed by atoms with Crippen molar-refractivity contribution in [3.8, 4) is 136 Å². The average Bonchev–Trinajstić information content (AvgIpc) is 1.53. The zero-order chi connectivity index (χ0) is 96.9. The Balaban J connectivity index is 0.000000107. The standard InChI is InChI=1S/C47H29N3O.C45H27N3O.C43H25N3O/c1-3-9-30(10-4-1)31-15-17-32(18-16-31)33-19-23-37(24-20-33)46-48-45(36-12-5-2-6-13-36)49-47(50-46)38-26-27-41-40(29-38)44-42(51-41)28-25-35-22-21-34-11-7-8-14-39(34)43(35)44;1-3-11-30(12-4-1)43-46-44(31-13-5-2-6-14-31)48-45(47-43)37-17-9-15-34-26-32(20-23-35(34)37)33-22-24-39-38(27-33)42-40(49-39)25-21-29-19-18-28-10-7-8-16-36(28)41(29)42;1-2-11-28(12-3-1)41-44-42(46-43(45-41)35-24-29-13-5-6-14-31(29)33-16-8-9-17-34(33)35)30-21-22-37-36(25-30)40-38(47-37)23-20-27-19-18-26-10-4-7-15-32(26)39(27)40/h1-29H;1-27H;1-25H.